The molecule has 26 heavy (non-hydrogen) atoms. The van der Waals surface area contributed by atoms with E-state index >= 15 is 0 Å². The van der Waals surface area contributed by atoms with Crippen molar-refractivity contribution in [3.8, 4) is 5.75 Å². The molecule has 1 N–H and O–H groups in total. The quantitative estimate of drug-likeness (QED) is 0.721. The number of rotatable bonds is 5. The maximum Gasteiger partial charge on any atom is 0.220 e. The van der Waals surface area contributed by atoms with Gasteiger partial charge in [-0.15, -0.1) is 0 Å². The third kappa shape index (κ3) is 4.33. The molecule has 1 aliphatic rings. The normalized spacial score (nSPS) is 15.7. The third-order valence-corrected chi connectivity index (χ3v) is 5.25. The fraction of sp³-hybridized carbons (Fsp3) is 0.333. The number of hydrogen-bond donors (Lipinski definition) is 1. The van der Waals surface area contributed by atoms with Crippen LogP contribution in [0.1, 0.15) is 52.4 Å². The van der Waals surface area contributed by atoms with E-state index in [9.17, 15) is 9.59 Å². The van der Waals surface area contributed by atoms with Crippen molar-refractivity contribution in [2.75, 3.05) is 6.61 Å². The number of halogens is 1. The van der Waals surface area contributed by atoms with Gasteiger partial charge in [0.25, 0.3) is 0 Å². The van der Waals surface area contributed by atoms with Crippen LogP contribution in [0.2, 0.25) is 0 Å². The number of carbonyl (C=O) groups excluding carboxylic acids is 2. The van der Waals surface area contributed by atoms with Crippen LogP contribution in [0, 0.1) is 13.8 Å². The van der Waals surface area contributed by atoms with Crippen molar-refractivity contribution in [2.24, 2.45) is 0 Å². The zero-order valence-electron chi connectivity index (χ0n) is 15.0. The molecule has 4 nitrogen and oxygen atoms in total. The fourth-order valence-electron chi connectivity index (χ4n) is 3.07. The average molecular weight is 416 g/mol. The summed E-state index contributed by atoms with van der Waals surface area (Å²) in [6.45, 7) is 4.57. The molecule has 1 aliphatic heterocycles. The monoisotopic (exact) mass is 415 g/mol. The van der Waals surface area contributed by atoms with Crippen LogP contribution >= 0.6 is 15.9 Å². The smallest absolute Gasteiger partial charge is 0.220 e. The molecule has 3 rings (SSSR count). The van der Waals surface area contributed by atoms with Gasteiger partial charge < -0.3 is 10.1 Å². The Hall–Kier alpha value is -2.14. The Kier molecular flexibility index (Phi) is 5.77. The minimum Gasteiger partial charge on any atom is -0.493 e. The van der Waals surface area contributed by atoms with Crippen LogP contribution < -0.4 is 10.1 Å². The number of fused-ring (bicyclic) bond motifs is 1. The highest BCUT2D eigenvalue weighted by Gasteiger charge is 2.23. The summed E-state index contributed by atoms with van der Waals surface area (Å²) >= 11 is 3.46. The van der Waals surface area contributed by atoms with Gasteiger partial charge in [0, 0.05) is 34.9 Å². The molecule has 0 fully saturated rings. The predicted octanol–water partition coefficient (Wildman–Crippen LogP) is 4.67. The fourth-order valence-corrected chi connectivity index (χ4v) is 3.45. The van der Waals surface area contributed by atoms with Crippen molar-refractivity contribution in [1.82, 2.24) is 5.32 Å². The van der Waals surface area contributed by atoms with Crippen LogP contribution in [0.5, 0.6) is 5.75 Å². The Balaban J connectivity index is 1.59. The number of hydrogen-bond acceptors (Lipinski definition) is 3. The molecular formula is C21H22BrNO3. The maximum atomic E-state index is 12.3. The Morgan fingerprint density at radius 3 is 2.69 bits per heavy atom. The standard InChI is InChI=1S/C21H22BrNO3/c1-13-3-4-15(11-14(13)2)19(24)6-8-21(25)23-18-9-10-26-20-7-5-16(22)12-17(18)20/h3-5,7,11-12,18H,6,8-10H2,1-2H3,(H,23,25). The number of aryl methyl sites for hydroxylation is 2. The number of nitrogens with one attached hydrogen (secondary N) is 1. The minimum absolute atomic E-state index is 0.00151. The first kappa shape index (κ1) is 18.6. The summed E-state index contributed by atoms with van der Waals surface area (Å²) in [6, 6.07) is 11.4. The SMILES string of the molecule is Cc1ccc(C(=O)CCC(=O)NC2CCOc3ccc(Br)cc32)cc1C. The zero-order valence-corrected chi connectivity index (χ0v) is 16.6. The van der Waals surface area contributed by atoms with Crippen LogP contribution in [0.3, 0.4) is 0 Å². The lowest BCUT2D eigenvalue weighted by molar-refractivity contribution is -0.122. The van der Waals surface area contributed by atoms with Crippen molar-refractivity contribution in [3.63, 3.8) is 0 Å². The highest BCUT2D eigenvalue weighted by atomic mass is 79.9. The Bertz CT molecular complexity index is 847. The maximum absolute atomic E-state index is 12.3. The molecule has 136 valence electrons. The highest BCUT2D eigenvalue weighted by molar-refractivity contribution is 9.10. The first-order valence-corrected chi connectivity index (χ1v) is 9.55. The second-order valence-electron chi connectivity index (χ2n) is 6.66. The molecule has 0 aliphatic carbocycles. The molecule has 0 radical (unpaired) electrons. The van der Waals surface area contributed by atoms with Gasteiger partial charge in [0.2, 0.25) is 5.91 Å². The molecule has 1 atom stereocenters. The lowest BCUT2D eigenvalue weighted by Crippen LogP contribution is -2.32. The molecule has 1 heterocycles. The summed E-state index contributed by atoms with van der Waals surface area (Å²) < 4.78 is 6.59. The number of ketones is 1. The number of carbonyl (C=O) groups is 2. The van der Waals surface area contributed by atoms with Gasteiger partial charge in [0.05, 0.1) is 12.6 Å². The van der Waals surface area contributed by atoms with Crippen molar-refractivity contribution in [1.29, 1.82) is 0 Å². The molecule has 2 aromatic carbocycles. The zero-order chi connectivity index (χ0) is 18.7. The minimum atomic E-state index is -0.111. The van der Waals surface area contributed by atoms with Crippen LogP contribution in [-0.2, 0) is 4.79 Å². The van der Waals surface area contributed by atoms with Crippen LogP contribution in [-0.4, -0.2) is 18.3 Å². The number of benzene rings is 2. The summed E-state index contributed by atoms with van der Waals surface area (Å²) in [4.78, 5) is 24.7. The summed E-state index contributed by atoms with van der Waals surface area (Å²) in [5, 5.41) is 3.04. The van der Waals surface area contributed by atoms with Crippen molar-refractivity contribution >= 4 is 27.6 Å². The van der Waals surface area contributed by atoms with E-state index < -0.39 is 0 Å². The first-order chi connectivity index (χ1) is 12.4. The predicted molar refractivity (Wildman–Crippen MR) is 105 cm³/mol. The Morgan fingerprint density at radius 2 is 1.92 bits per heavy atom. The number of Topliss-reactive ketones (excluding diaryl/α,β-unsaturated/α-hetero) is 1. The van der Waals surface area contributed by atoms with Crippen molar-refractivity contribution in [3.05, 3.63) is 63.1 Å². The summed E-state index contributed by atoms with van der Waals surface area (Å²) in [5.74, 6) is 0.689. The van der Waals surface area contributed by atoms with Gasteiger partial charge in [0.15, 0.2) is 5.78 Å². The van der Waals surface area contributed by atoms with E-state index in [0.29, 0.717) is 12.2 Å². The molecule has 0 bridgehead atoms. The van der Waals surface area contributed by atoms with Gasteiger partial charge >= 0.3 is 0 Å². The molecule has 0 aromatic heterocycles. The third-order valence-electron chi connectivity index (χ3n) is 4.75. The van der Waals surface area contributed by atoms with E-state index in [1.54, 1.807) is 0 Å². The summed E-state index contributed by atoms with van der Waals surface area (Å²) in [5.41, 5.74) is 3.88. The van der Waals surface area contributed by atoms with E-state index in [4.69, 9.17) is 4.74 Å². The number of amides is 1. The Morgan fingerprint density at radius 1 is 1.12 bits per heavy atom. The van der Waals surface area contributed by atoms with Crippen molar-refractivity contribution < 1.29 is 14.3 Å². The molecule has 0 saturated heterocycles. The van der Waals surface area contributed by atoms with Crippen molar-refractivity contribution in [2.45, 2.75) is 39.2 Å². The van der Waals surface area contributed by atoms with Crippen LogP contribution in [0.25, 0.3) is 0 Å². The van der Waals surface area contributed by atoms with Crippen LogP contribution in [0.15, 0.2) is 40.9 Å². The average Bonchev–Trinajstić information content (AvgIpc) is 2.62. The van der Waals surface area contributed by atoms with Gasteiger partial charge in [-0.05, 0) is 49.2 Å². The van der Waals surface area contributed by atoms with E-state index in [1.165, 1.54) is 0 Å². The second-order valence-corrected chi connectivity index (χ2v) is 7.58. The molecular weight excluding hydrogens is 394 g/mol. The summed E-state index contributed by atoms with van der Waals surface area (Å²) in [6.07, 6.45) is 1.12. The lowest BCUT2D eigenvalue weighted by atomic mass is 9.99. The molecule has 2 aromatic rings. The van der Waals surface area contributed by atoms with Gasteiger partial charge in [-0.25, -0.2) is 0 Å². The molecule has 0 spiro atoms. The highest BCUT2D eigenvalue weighted by Crippen LogP contribution is 2.34. The topological polar surface area (TPSA) is 55.4 Å². The largest absolute Gasteiger partial charge is 0.493 e. The molecule has 1 unspecified atom stereocenters. The number of ether oxygens (including phenoxy) is 1. The van der Waals surface area contributed by atoms with E-state index in [-0.39, 0.29) is 30.6 Å². The summed E-state index contributed by atoms with van der Waals surface area (Å²) in [7, 11) is 0. The van der Waals surface area contributed by atoms with Crippen LogP contribution in [0.4, 0.5) is 0 Å². The van der Waals surface area contributed by atoms with E-state index in [0.717, 1.165) is 33.3 Å². The molecule has 0 saturated carbocycles. The second kappa shape index (κ2) is 8.04. The van der Waals surface area contributed by atoms with Gasteiger partial charge in [-0.3, -0.25) is 9.59 Å². The molecule has 5 heteroatoms. The Labute approximate surface area is 162 Å². The van der Waals surface area contributed by atoms with Gasteiger partial charge in [0.1, 0.15) is 5.75 Å². The van der Waals surface area contributed by atoms with E-state index in [1.807, 2.05) is 50.2 Å². The first-order valence-electron chi connectivity index (χ1n) is 8.76. The van der Waals surface area contributed by atoms with Gasteiger partial charge in [-0.2, -0.15) is 0 Å². The van der Waals surface area contributed by atoms with E-state index in [2.05, 4.69) is 21.2 Å². The lowest BCUT2D eigenvalue weighted by Gasteiger charge is -2.27. The molecule has 1 amide bonds. The van der Waals surface area contributed by atoms with Gasteiger partial charge in [-0.1, -0.05) is 28.1 Å².